The van der Waals surface area contributed by atoms with Crippen molar-refractivity contribution in [1.29, 1.82) is 0 Å². The molecule has 0 aliphatic carbocycles. The van der Waals surface area contributed by atoms with Crippen LogP contribution in [-0.2, 0) is 64.5 Å². The van der Waals surface area contributed by atoms with Crippen LogP contribution in [0.2, 0.25) is 0 Å². The van der Waals surface area contributed by atoms with E-state index in [9.17, 15) is 19.8 Å². The van der Waals surface area contributed by atoms with E-state index in [-0.39, 0.29) is 86.3 Å². The van der Waals surface area contributed by atoms with Crippen LogP contribution in [0, 0.1) is 27.7 Å². The van der Waals surface area contributed by atoms with E-state index >= 15 is 9.59 Å². The number of aromatic nitrogens is 1. The van der Waals surface area contributed by atoms with E-state index in [1.807, 2.05) is 64.1 Å². The van der Waals surface area contributed by atoms with Crippen molar-refractivity contribution in [3.63, 3.8) is 0 Å². The highest BCUT2D eigenvalue weighted by Crippen LogP contribution is 2.75. The molecule has 0 saturated carbocycles. The van der Waals surface area contributed by atoms with E-state index < -0.39 is 99.6 Å². The predicted molar refractivity (Wildman–Crippen MR) is 408 cm³/mol. The van der Waals surface area contributed by atoms with Gasteiger partial charge in [0.15, 0.2) is 57.1 Å². The van der Waals surface area contributed by atoms with E-state index in [4.69, 9.17) is 63.3 Å². The number of fused-ring (bicyclic) bond motifs is 22. The van der Waals surface area contributed by atoms with Gasteiger partial charge in [-0.2, -0.15) is 0 Å². The Kier molecular flexibility index (Phi) is 15.3. The highest BCUT2D eigenvalue weighted by atomic mass is 32.2. The van der Waals surface area contributed by atoms with Gasteiger partial charge in [-0.1, -0.05) is 36.4 Å². The van der Waals surface area contributed by atoms with Gasteiger partial charge >= 0.3 is 23.9 Å². The molecule has 2 spiro atoms. The number of aromatic hydroxyl groups is 2. The summed E-state index contributed by atoms with van der Waals surface area (Å²) in [6, 6.07) is 13.2. The molecule has 6 bridgehead atoms. The molecule has 2 aromatic heterocycles. The number of methoxy groups -OCH3 is 2. The fraction of sp³-hybridized carbons (Fsp3) is 0.470. The number of esters is 4. The summed E-state index contributed by atoms with van der Waals surface area (Å²) >= 11 is 3.06. The minimum atomic E-state index is -1.72. The molecule has 5 fully saturated rings. The van der Waals surface area contributed by atoms with Gasteiger partial charge in [0.25, 0.3) is 6.29 Å². The van der Waals surface area contributed by atoms with Crippen LogP contribution in [0.1, 0.15) is 170 Å². The molecule has 28 heteroatoms. The number of para-hydroxylation sites is 1. The molecule has 0 amide bonds. The van der Waals surface area contributed by atoms with Gasteiger partial charge in [-0.15, -0.1) is 23.5 Å². The van der Waals surface area contributed by atoms with Crippen LogP contribution in [0.15, 0.2) is 59.0 Å². The van der Waals surface area contributed by atoms with Gasteiger partial charge in [0.05, 0.1) is 60.1 Å². The van der Waals surface area contributed by atoms with Crippen molar-refractivity contribution in [3.05, 3.63) is 150 Å². The number of H-pyrrole nitrogens is 1. The molecule has 15 aliphatic heterocycles. The number of hydrogen-bond acceptors (Lipinski definition) is 27. The zero-order valence-corrected chi connectivity index (χ0v) is 64.9. The van der Waals surface area contributed by atoms with E-state index in [1.165, 1.54) is 25.6 Å². The summed E-state index contributed by atoms with van der Waals surface area (Å²) < 4.78 is 73.9. The zero-order valence-electron chi connectivity index (χ0n) is 63.3. The Morgan fingerprint density at radius 1 is 0.667 bits per heavy atom. The Hall–Kier alpha value is -8.94. The van der Waals surface area contributed by atoms with Crippen LogP contribution in [-0.4, -0.2) is 161 Å². The maximum Gasteiger partial charge on any atom is 0.335 e. The number of nitrogens with one attached hydrogen (secondary N) is 4. The van der Waals surface area contributed by atoms with Crippen LogP contribution in [0.3, 0.4) is 0 Å². The van der Waals surface area contributed by atoms with Crippen LogP contribution in [0.4, 0.5) is 0 Å². The molecular weight excluding hydrogens is 1460 g/mol. The van der Waals surface area contributed by atoms with Gasteiger partial charge in [-0.05, 0) is 114 Å². The molecule has 10 N–H and O–H groups in total. The third-order valence-electron chi connectivity index (χ3n) is 27.2. The molecule has 0 radical (unpaired) electrons. The Bertz CT molecular complexity index is 5490. The van der Waals surface area contributed by atoms with Gasteiger partial charge in [-0.25, -0.2) is 9.59 Å². The van der Waals surface area contributed by atoms with E-state index in [1.54, 1.807) is 26.0 Å². The van der Waals surface area contributed by atoms with Gasteiger partial charge in [0.2, 0.25) is 6.79 Å². The molecule has 578 valence electrons. The molecule has 19 atom stereocenters. The SMILES string of the molecule is COc1c(C)cc2c(c1O)[C@H]1N[C@@H](C2)[C@H](C)N2[C@H]1[C@@H]1SC[C@]3(N[C@@H](CN)Cc4c3oc3cccc(C5Oc6c(C)c(OC(C)=O)c7c(c6O5)[C@@H]5COC(=O)[C@]6(CS[C@H]7[C@H]7[C@H]8c9c(cc(C)c(OC)c9O)C9(C)[C@@H]([C@H](C)N75)N89)N[C@@H](CN)Cc5c6[nH]c6ccccc56)c43)C(=O)OC[C@H]2c2c3c(c(C)c(OC(C)=O)c21)OCO3. The Morgan fingerprint density at radius 2 is 1.27 bits per heavy atom. The summed E-state index contributed by atoms with van der Waals surface area (Å²) in [4.78, 5) is 71.1. The second kappa shape index (κ2) is 24.3. The van der Waals surface area contributed by atoms with Crippen molar-refractivity contribution >= 4 is 69.3 Å². The highest BCUT2D eigenvalue weighted by Gasteiger charge is 2.78. The van der Waals surface area contributed by atoms with Crippen molar-refractivity contribution in [3.8, 4) is 57.5 Å². The fourth-order valence-corrected chi connectivity index (χ4v) is 26.2. The van der Waals surface area contributed by atoms with Crippen LogP contribution >= 0.6 is 23.5 Å². The first-order valence-electron chi connectivity index (χ1n) is 38.4. The number of aromatic amines is 1. The molecule has 26 nitrogen and oxygen atoms in total. The first-order valence-corrected chi connectivity index (χ1v) is 40.5. The number of phenolic OH excluding ortho intramolecular Hbond substituents is 2. The fourth-order valence-electron chi connectivity index (χ4n) is 22.9. The molecular formula is C83H87N9O17S2. The summed E-state index contributed by atoms with van der Waals surface area (Å²) in [6.45, 7) is 17.0. The third kappa shape index (κ3) is 9.10. The molecule has 15 aliphatic rings. The predicted octanol–water partition coefficient (Wildman–Crippen LogP) is 9.19. The number of carbonyl (C=O) groups excluding carboxylic acids is 4. The summed E-state index contributed by atoms with van der Waals surface area (Å²) in [5.41, 5.74) is 23.0. The lowest BCUT2D eigenvalue weighted by molar-refractivity contribution is -0.157. The Labute approximate surface area is 647 Å². The maximum absolute atomic E-state index is 16.3. The second-order valence-electron chi connectivity index (χ2n) is 32.7. The molecule has 6 aromatic carbocycles. The van der Waals surface area contributed by atoms with E-state index in [0.29, 0.717) is 138 Å². The largest absolute Gasteiger partial charge is 0.504 e. The molecule has 111 heavy (non-hydrogen) atoms. The lowest BCUT2D eigenvalue weighted by Gasteiger charge is -2.60. The van der Waals surface area contributed by atoms with Gasteiger partial charge in [0.1, 0.15) is 36.1 Å². The second-order valence-corrected chi connectivity index (χ2v) is 35.0. The van der Waals surface area contributed by atoms with Crippen LogP contribution < -0.4 is 65.3 Å². The van der Waals surface area contributed by atoms with E-state index in [2.05, 4.69) is 74.6 Å². The minimum absolute atomic E-state index is 0.00486. The Balaban J connectivity index is 0.721. The topological polar surface area (TPSA) is 328 Å². The van der Waals surface area contributed by atoms with Gasteiger partial charge < -0.3 is 83.8 Å². The quantitative estimate of drug-likeness (QED) is 0.0418. The number of piperazine rings is 2. The number of hydrogen-bond donors (Lipinski definition) is 8. The lowest BCUT2D eigenvalue weighted by atomic mass is 9.72. The minimum Gasteiger partial charge on any atom is -0.504 e. The Morgan fingerprint density at radius 3 is 1.96 bits per heavy atom. The monoisotopic (exact) mass is 1550 g/mol. The number of nitrogens with zero attached hydrogens (tertiary/aromatic N) is 3. The van der Waals surface area contributed by atoms with Gasteiger partial charge in [0, 0.05) is 159 Å². The third-order valence-corrected chi connectivity index (χ3v) is 30.1. The number of aryl methyl sites for hydroxylation is 2. The smallest absolute Gasteiger partial charge is 0.335 e. The van der Waals surface area contributed by atoms with Gasteiger partial charge in [-0.3, -0.25) is 34.9 Å². The van der Waals surface area contributed by atoms with Crippen LogP contribution in [0.25, 0.3) is 21.9 Å². The number of phenols is 2. The van der Waals surface area contributed by atoms with E-state index in [0.717, 1.165) is 44.3 Å². The van der Waals surface area contributed by atoms with Crippen LogP contribution in [0.5, 0.6) is 57.5 Å². The molecule has 8 aromatic rings. The zero-order chi connectivity index (χ0) is 76.6. The molecule has 5 saturated heterocycles. The number of ether oxygens (including phenoxy) is 10. The molecule has 3 unspecified atom stereocenters. The number of nitrogens with two attached hydrogens (primary N) is 2. The number of benzene rings is 6. The standard InChI is InChI=1S/C83H87N9O17S2/c1-31-19-39-21-48-35(5)90-49-26-102-80(98)83(29-111-73(61(90)59(86-48)52(39)63(95)65(31)99-10)57-55(49)71-69(103-30-104-71)33(3)67(57)105-37(7)93)77-45(23-41(25-85)89-83)53-43(16-14-18-51(53)107-77)78-108-70-34(4)68(106-38(8)94)58-56(72(70)109-78)50-27-101-79(97)82(75-44(22-40(24-84)88-82)42-15-12-13-17-47(42)87-75)28-110-74(58)62-60-54-46(20-32(2)66(100-11)64(54)96)81(9)76(92(60)81)36(6)91(50)62/h12-20,35-36,40-41,48-50,59-62,73-74,76,78,86-89,95-96H,21-30,84-85H2,1-11H3/t35-,36-,40+,41+,48-,49-,50-,59+,60+,61+,62+,73+,74+,76+,78?,81?,82+,83+,92?/m0/s1. The average molecular weight is 1550 g/mol. The first-order chi connectivity index (χ1) is 53.5. The maximum atomic E-state index is 16.3. The van der Waals surface area contributed by atoms with Crippen molar-refractivity contribution < 1.29 is 81.2 Å². The number of rotatable bonds is 7. The number of carbonyl (C=O) groups is 4. The van der Waals surface area contributed by atoms with Crippen molar-refractivity contribution in [1.82, 2.24) is 35.6 Å². The van der Waals surface area contributed by atoms with Crippen molar-refractivity contribution in [2.24, 2.45) is 11.5 Å². The normalized spacial score (nSPS) is 33.2. The molecule has 23 rings (SSSR count). The summed E-state index contributed by atoms with van der Waals surface area (Å²) in [5, 5.41) is 37.1. The summed E-state index contributed by atoms with van der Waals surface area (Å²) in [7, 11) is 3.13. The van der Waals surface area contributed by atoms with Crippen molar-refractivity contribution in [2.75, 3.05) is 58.8 Å². The summed E-state index contributed by atoms with van der Waals surface area (Å²) in [5.74, 6) is 1.43. The number of thioether (sulfide) groups is 2. The molecule has 17 heterocycles. The average Bonchev–Trinajstić information content (AvgIpc) is 1.46. The first kappa shape index (κ1) is 70.0. The lowest BCUT2D eigenvalue weighted by Crippen LogP contribution is -2.69. The van der Waals surface area contributed by atoms with Crippen molar-refractivity contribution in [2.45, 2.75) is 187 Å². The number of furan rings is 1. The highest BCUT2D eigenvalue weighted by molar-refractivity contribution is 7.99. The summed E-state index contributed by atoms with van der Waals surface area (Å²) in [6.07, 6.45) is 0.276.